The largest absolute Gasteiger partial charge is 0.486 e. The molecule has 1 aromatic rings. The Balaban J connectivity index is 1.90. The number of aliphatic hydroxyl groups is 1. The molecule has 4 heteroatoms. The topological polar surface area (TPSA) is 50.7 Å². The minimum atomic E-state index is 0.253. The zero-order valence-corrected chi connectivity index (χ0v) is 9.24. The van der Waals surface area contributed by atoms with Gasteiger partial charge >= 0.3 is 0 Å². The number of anilines is 1. The number of ether oxygens (including phenoxy) is 2. The van der Waals surface area contributed by atoms with E-state index in [0.717, 1.165) is 36.6 Å². The Morgan fingerprint density at radius 3 is 2.75 bits per heavy atom. The van der Waals surface area contributed by atoms with Crippen molar-refractivity contribution in [3.05, 3.63) is 18.2 Å². The molecule has 0 saturated carbocycles. The van der Waals surface area contributed by atoms with Crippen LogP contribution in [0.4, 0.5) is 5.69 Å². The van der Waals surface area contributed by atoms with E-state index in [4.69, 9.17) is 14.6 Å². The highest BCUT2D eigenvalue weighted by Crippen LogP contribution is 2.32. The normalized spacial score (nSPS) is 13.6. The van der Waals surface area contributed by atoms with Gasteiger partial charge in [0.1, 0.15) is 13.2 Å². The molecule has 16 heavy (non-hydrogen) atoms. The quantitative estimate of drug-likeness (QED) is 0.745. The summed E-state index contributed by atoms with van der Waals surface area (Å²) >= 11 is 0. The van der Waals surface area contributed by atoms with Crippen molar-refractivity contribution in [2.24, 2.45) is 0 Å². The van der Waals surface area contributed by atoms with Crippen molar-refractivity contribution >= 4 is 5.69 Å². The van der Waals surface area contributed by atoms with E-state index < -0.39 is 0 Å². The van der Waals surface area contributed by atoms with E-state index in [2.05, 4.69) is 5.32 Å². The van der Waals surface area contributed by atoms with Crippen LogP contribution in [0.2, 0.25) is 0 Å². The number of aliphatic hydroxyl groups excluding tert-OH is 1. The lowest BCUT2D eigenvalue weighted by molar-refractivity contribution is 0.171. The van der Waals surface area contributed by atoms with Gasteiger partial charge in [-0.2, -0.15) is 0 Å². The average molecular weight is 223 g/mol. The van der Waals surface area contributed by atoms with Crippen LogP contribution in [0, 0.1) is 0 Å². The van der Waals surface area contributed by atoms with Gasteiger partial charge in [-0.15, -0.1) is 0 Å². The maximum absolute atomic E-state index is 8.66. The summed E-state index contributed by atoms with van der Waals surface area (Å²) in [5.74, 6) is 1.62. The summed E-state index contributed by atoms with van der Waals surface area (Å²) < 4.78 is 10.9. The predicted octanol–water partition coefficient (Wildman–Crippen LogP) is 1.64. The molecule has 88 valence electrons. The van der Waals surface area contributed by atoms with Crippen LogP contribution in [0.15, 0.2) is 18.2 Å². The maximum Gasteiger partial charge on any atom is 0.163 e. The van der Waals surface area contributed by atoms with E-state index in [1.165, 1.54) is 0 Å². The second kappa shape index (κ2) is 5.61. The van der Waals surface area contributed by atoms with Crippen molar-refractivity contribution in [2.75, 3.05) is 31.7 Å². The minimum absolute atomic E-state index is 0.253. The van der Waals surface area contributed by atoms with E-state index in [9.17, 15) is 0 Å². The molecule has 0 aromatic heterocycles. The Bertz CT molecular complexity index is 341. The molecule has 0 atom stereocenters. The molecule has 1 aliphatic heterocycles. The molecule has 0 radical (unpaired) electrons. The van der Waals surface area contributed by atoms with Gasteiger partial charge in [0.25, 0.3) is 0 Å². The van der Waals surface area contributed by atoms with Crippen LogP contribution < -0.4 is 14.8 Å². The molecule has 0 saturated heterocycles. The summed E-state index contributed by atoms with van der Waals surface area (Å²) in [5, 5.41) is 11.9. The second-order valence-electron chi connectivity index (χ2n) is 3.72. The fourth-order valence-corrected chi connectivity index (χ4v) is 1.62. The lowest BCUT2D eigenvalue weighted by atomic mass is 10.2. The first-order valence-corrected chi connectivity index (χ1v) is 5.64. The Hall–Kier alpha value is -1.42. The number of hydrogen-bond acceptors (Lipinski definition) is 4. The molecule has 2 N–H and O–H groups in total. The van der Waals surface area contributed by atoms with Gasteiger partial charge in [-0.3, -0.25) is 0 Å². The summed E-state index contributed by atoms with van der Waals surface area (Å²) in [7, 11) is 0. The molecule has 0 fully saturated rings. The second-order valence-corrected chi connectivity index (χ2v) is 3.72. The first kappa shape index (κ1) is 11.1. The van der Waals surface area contributed by atoms with Gasteiger partial charge in [0, 0.05) is 24.9 Å². The van der Waals surface area contributed by atoms with Crippen LogP contribution in [0.25, 0.3) is 0 Å². The van der Waals surface area contributed by atoms with Gasteiger partial charge in [0.2, 0.25) is 0 Å². The van der Waals surface area contributed by atoms with Gasteiger partial charge in [-0.25, -0.2) is 0 Å². The van der Waals surface area contributed by atoms with Crippen LogP contribution >= 0.6 is 0 Å². The molecular formula is C12H17NO3. The highest BCUT2D eigenvalue weighted by Gasteiger charge is 2.11. The fraction of sp³-hybridized carbons (Fsp3) is 0.500. The summed E-state index contributed by atoms with van der Waals surface area (Å²) in [6.07, 6.45) is 1.79. The van der Waals surface area contributed by atoms with Crippen LogP contribution in [-0.4, -0.2) is 31.5 Å². The Morgan fingerprint density at radius 1 is 1.12 bits per heavy atom. The standard InChI is InChI=1S/C12H17NO3/c14-6-2-1-5-13-10-3-4-11-12(9-10)16-8-7-15-11/h3-4,9,13-14H,1-2,5-8H2. The monoisotopic (exact) mass is 223 g/mol. The van der Waals surface area contributed by atoms with Crippen molar-refractivity contribution in [3.63, 3.8) is 0 Å². The van der Waals surface area contributed by atoms with E-state index >= 15 is 0 Å². The zero-order chi connectivity index (χ0) is 11.2. The summed E-state index contributed by atoms with van der Waals surface area (Å²) in [4.78, 5) is 0. The van der Waals surface area contributed by atoms with Gasteiger partial charge in [0.15, 0.2) is 11.5 Å². The van der Waals surface area contributed by atoms with Gasteiger partial charge in [-0.1, -0.05) is 0 Å². The molecule has 2 rings (SSSR count). The predicted molar refractivity (Wildman–Crippen MR) is 62.2 cm³/mol. The van der Waals surface area contributed by atoms with Gasteiger partial charge < -0.3 is 19.9 Å². The van der Waals surface area contributed by atoms with Crippen LogP contribution in [0.3, 0.4) is 0 Å². The van der Waals surface area contributed by atoms with E-state index in [1.54, 1.807) is 0 Å². The van der Waals surface area contributed by atoms with Crippen LogP contribution in [0.5, 0.6) is 11.5 Å². The molecule has 4 nitrogen and oxygen atoms in total. The molecule has 0 aliphatic carbocycles. The van der Waals surface area contributed by atoms with Crippen LogP contribution in [0.1, 0.15) is 12.8 Å². The number of hydrogen-bond donors (Lipinski definition) is 2. The summed E-state index contributed by atoms with van der Waals surface area (Å²) in [6, 6.07) is 5.85. The van der Waals surface area contributed by atoms with Crippen molar-refractivity contribution in [1.29, 1.82) is 0 Å². The number of fused-ring (bicyclic) bond motifs is 1. The molecule has 0 bridgehead atoms. The van der Waals surface area contributed by atoms with Gasteiger partial charge in [0.05, 0.1) is 0 Å². The fourth-order valence-electron chi connectivity index (χ4n) is 1.62. The third kappa shape index (κ3) is 2.79. The lowest BCUT2D eigenvalue weighted by Gasteiger charge is -2.19. The van der Waals surface area contributed by atoms with E-state index in [0.29, 0.717) is 13.2 Å². The molecule has 1 heterocycles. The Kier molecular flexibility index (Phi) is 3.88. The van der Waals surface area contributed by atoms with Crippen molar-refractivity contribution in [2.45, 2.75) is 12.8 Å². The number of nitrogens with one attached hydrogen (secondary N) is 1. The van der Waals surface area contributed by atoms with Crippen LogP contribution in [-0.2, 0) is 0 Å². The molecule has 0 unspecified atom stereocenters. The van der Waals surface area contributed by atoms with Gasteiger partial charge in [-0.05, 0) is 25.0 Å². The van der Waals surface area contributed by atoms with Crippen molar-refractivity contribution in [1.82, 2.24) is 0 Å². The highest BCUT2D eigenvalue weighted by molar-refractivity contribution is 5.55. The van der Waals surface area contributed by atoms with Crippen molar-refractivity contribution < 1.29 is 14.6 Å². The first-order valence-electron chi connectivity index (χ1n) is 5.64. The van der Waals surface area contributed by atoms with Crippen molar-refractivity contribution in [3.8, 4) is 11.5 Å². The molecule has 0 amide bonds. The zero-order valence-electron chi connectivity index (χ0n) is 9.24. The summed E-state index contributed by atoms with van der Waals surface area (Å²) in [5.41, 5.74) is 1.03. The highest BCUT2D eigenvalue weighted by atomic mass is 16.6. The summed E-state index contributed by atoms with van der Waals surface area (Å²) in [6.45, 7) is 2.35. The number of benzene rings is 1. The minimum Gasteiger partial charge on any atom is -0.486 e. The Morgan fingerprint density at radius 2 is 1.94 bits per heavy atom. The van der Waals surface area contributed by atoms with E-state index in [-0.39, 0.29) is 6.61 Å². The molecule has 0 spiro atoms. The number of rotatable bonds is 5. The number of unbranched alkanes of at least 4 members (excludes halogenated alkanes) is 1. The SMILES string of the molecule is OCCCCNc1ccc2c(c1)OCCO2. The third-order valence-corrected chi connectivity index (χ3v) is 2.46. The lowest BCUT2D eigenvalue weighted by Crippen LogP contribution is -2.15. The molecular weight excluding hydrogens is 206 g/mol. The molecule has 1 aliphatic rings. The average Bonchev–Trinajstić information content (AvgIpc) is 2.34. The third-order valence-electron chi connectivity index (χ3n) is 2.46. The smallest absolute Gasteiger partial charge is 0.163 e. The van der Waals surface area contributed by atoms with E-state index in [1.807, 2.05) is 18.2 Å². The maximum atomic E-state index is 8.66. The first-order chi connectivity index (χ1) is 7.90. The Labute approximate surface area is 95.2 Å². The molecule has 1 aromatic carbocycles.